The van der Waals surface area contributed by atoms with Gasteiger partial charge in [-0.05, 0) is 19.1 Å². The molecule has 4 heteroatoms. The summed E-state index contributed by atoms with van der Waals surface area (Å²) in [5, 5.41) is 0. The van der Waals surface area contributed by atoms with Gasteiger partial charge in [-0.3, -0.25) is 4.79 Å². The average molecular weight is 203 g/mol. The van der Waals surface area contributed by atoms with Crippen LogP contribution in [0.3, 0.4) is 0 Å². The van der Waals surface area contributed by atoms with Crippen LogP contribution in [0.5, 0.6) is 0 Å². The molecule has 0 aliphatic rings. The van der Waals surface area contributed by atoms with Gasteiger partial charge in [0.1, 0.15) is 0 Å². The Kier molecular flexibility index (Phi) is 2.49. The van der Waals surface area contributed by atoms with E-state index >= 15 is 0 Å². The fraction of sp³-hybridized carbons (Fsp3) is 0.364. The second kappa shape index (κ2) is 3.81. The van der Waals surface area contributed by atoms with Crippen LogP contribution < -0.4 is 0 Å². The Morgan fingerprint density at radius 2 is 2.27 bits per heavy atom. The Morgan fingerprint density at radius 3 is 2.93 bits per heavy atom. The monoisotopic (exact) mass is 203 g/mol. The third-order valence-corrected chi connectivity index (χ3v) is 2.41. The highest BCUT2D eigenvalue weighted by Gasteiger charge is 2.14. The van der Waals surface area contributed by atoms with Crippen LogP contribution in [0.2, 0.25) is 0 Å². The predicted octanol–water partition coefficient (Wildman–Crippen LogP) is 2.04. The third-order valence-electron chi connectivity index (χ3n) is 2.41. The van der Waals surface area contributed by atoms with Crippen LogP contribution in [-0.2, 0) is 6.54 Å². The highest BCUT2D eigenvalue weighted by molar-refractivity contribution is 5.95. The number of carbonyl (C=O) groups excluding carboxylic acids is 1. The lowest BCUT2D eigenvalue weighted by Crippen LogP contribution is -2.08. The van der Waals surface area contributed by atoms with Crippen LogP contribution in [0.4, 0.5) is 0 Å². The van der Waals surface area contributed by atoms with Gasteiger partial charge in [-0.25, -0.2) is 9.97 Å². The van der Waals surface area contributed by atoms with Crippen molar-refractivity contribution < 1.29 is 4.79 Å². The van der Waals surface area contributed by atoms with Crippen molar-refractivity contribution in [1.82, 2.24) is 14.5 Å². The molecule has 4 nitrogen and oxygen atoms in total. The Bertz CT molecular complexity index is 502. The van der Waals surface area contributed by atoms with Gasteiger partial charge in [-0.15, -0.1) is 0 Å². The number of hydrogen-bond donors (Lipinski definition) is 0. The fourth-order valence-electron chi connectivity index (χ4n) is 1.65. The van der Waals surface area contributed by atoms with Gasteiger partial charge in [0.25, 0.3) is 0 Å². The molecular weight excluding hydrogens is 190 g/mol. The molecule has 0 saturated carbocycles. The Balaban J connectivity index is 2.69. The predicted molar refractivity (Wildman–Crippen MR) is 57.8 cm³/mol. The van der Waals surface area contributed by atoms with Gasteiger partial charge in [-0.2, -0.15) is 0 Å². The minimum Gasteiger partial charge on any atom is -0.320 e. The molecule has 0 amide bonds. The molecule has 0 N–H and O–H groups in total. The maximum atomic E-state index is 11.7. The summed E-state index contributed by atoms with van der Waals surface area (Å²) in [6.45, 7) is 4.58. The maximum absolute atomic E-state index is 11.7. The number of aryl methyl sites for hydroxylation is 1. The number of fused-ring (bicyclic) bond motifs is 1. The van der Waals surface area contributed by atoms with Crippen molar-refractivity contribution in [2.45, 2.75) is 26.8 Å². The highest BCUT2D eigenvalue weighted by atomic mass is 16.1. The number of pyridine rings is 1. The number of imidazole rings is 1. The van der Waals surface area contributed by atoms with Gasteiger partial charge in [0.15, 0.2) is 17.3 Å². The van der Waals surface area contributed by atoms with E-state index in [9.17, 15) is 4.79 Å². The van der Waals surface area contributed by atoms with Gasteiger partial charge < -0.3 is 4.57 Å². The van der Waals surface area contributed by atoms with E-state index in [0.717, 1.165) is 12.1 Å². The van der Waals surface area contributed by atoms with Crippen molar-refractivity contribution in [3.63, 3.8) is 0 Å². The molecule has 2 aromatic heterocycles. The molecule has 0 radical (unpaired) electrons. The van der Waals surface area contributed by atoms with Crippen LogP contribution in [0.1, 0.15) is 30.9 Å². The SMILES string of the molecule is CCC(=O)c1nc2ncccc2n1CC. The van der Waals surface area contributed by atoms with E-state index in [0.29, 0.717) is 17.9 Å². The van der Waals surface area contributed by atoms with Crippen LogP contribution in [0.25, 0.3) is 11.2 Å². The van der Waals surface area contributed by atoms with Crippen LogP contribution in [0.15, 0.2) is 18.3 Å². The summed E-state index contributed by atoms with van der Waals surface area (Å²) < 4.78 is 1.91. The zero-order valence-corrected chi connectivity index (χ0v) is 8.90. The summed E-state index contributed by atoms with van der Waals surface area (Å²) in [6.07, 6.45) is 2.17. The summed E-state index contributed by atoms with van der Waals surface area (Å²) >= 11 is 0. The minimum absolute atomic E-state index is 0.0647. The van der Waals surface area contributed by atoms with Gasteiger partial charge in [0.2, 0.25) is 0 Å². The van der Waals surface area contributed by atoms with Crippen molar-refractivity contribution >= 4 is 16.9 Å². The van der Waals surface area contributed by atoms with Gasteiger partial charge in [0, 0.05) is 19.2 Å². The first-order chi connectivity index (χ1) is 7.27. The Morgan fingerprint density at radius 1 is 1.47 bits per heavy atom. The second-order valence-electron chi connectivity index (χ2n) is 3.30. The number of carbonyl (C=O) groups is 1. The minimum atomic E-state index is 0.0647. The zero-order chi connectivity index (χ0) is 10.8. The van der Waals surface area contributed by atoms with E-state index in [1.54, 1.807) is 6.20 Å². The Hall–Kier alpha value is -1.71. The van der Waals surface area contributed by atoms with E-state index in [1.807, 2.05) is 30.5 Å². The highest BCUT2D eigenvalue weighted by Crippen LogP contribution is 2.14. The average Bonchev–Trinajstić information content (AvgIpc) is 2.66. The molecule has 0 aliphatic heterocycles. The summed E-state index contributed by atoms with van der Waals surface area (Å²) in [6, 6.07) is 3.79. The zero-order valence-electron chi connectivity index (χ0n) is 8.90. The standard InChI is InChI=1S/C11H13N3O/c1-3-9(15)11-13-10-8(14(11)4-2)6-5-7-12-10/h5-7H,3-4H2,1-2H3. The number of rotatable bonds is 3. The van der Waals surface area contributed by atoms with Gasteiger partial charge >= 0.3 is 0 Å². The molecule has 0 unspecified atom stereocenters. The topological polar surface area (TPSA) is 47.8 Å². The Labute approximate surface area is 88.0 Å². The van der Waals surface area contributed by atoms with Crippen molar-refractivity contribution in [2.75, 3.05) is 0 Å². The first kappa shape index (κ1) is 9.83. The van der Waals surface area contributed by atoms with Gasteiger partial charge in [-0.1, -0.05) is 6.92 Å². The normalized spacial score (nSPS) is 10.8. The molecule has 0 bridgehead atoms. The largest absolute Gasteiger partial charge is 0.320 e. The molecule has 0 fully saturated rings. The van der Waals surface area contributed by atoms with E-state index in [4.69, 9.17) is 0 Å². The summed E-state index contributed by atoms with van der Waals surface area (Å²) in [4.78, 5) is 20.1. The molecule has 0 spiro atoms. The molecule has 2 heterocycles. The smallest absolute Gasteiger partial charge is 0.198 e. The van der Waals surface area contributed by atoms with Crippen LogP contribution in [0, 0.1) is 0 Å². The maximum Gasteiger partial charge on any atom is 0.198 e. The van der Waals surface area contributed by atoms with E-state index in [-0.39, 0.29) is 5.78 Å². The molecule has 2 rings (SSSR count). The lowest BCUT2D eigenvalue weighted by molar-refractivity contribution is 0.0974. The van der Waals surface area contributed by atoms with Crippen molar-refractivity contribution in [2.24, 2.45) is 0 Å². The van der Waals surface area contributed by atoms with Crippen molar-refractivity contribution in [1.29, 1.82) is 0 Å². The summed E-state index contributed by atoms with van der Waals surface area (Å²) in [5.41, 5.74) is 1.58. The number of hydrogen-bond acceptors (Lipinski definition) is 3. The molecule has 0 aliphatic carbocycles. The number of nitrogens with zero attached hydrogens (tertiary/aromatic N) is 3. The molecule has 0 aromatic carbocycles. The molecule has 15 heavy (non-hydrogen) atoms. The summed E-state index contributed by atoms with van der Waals surface area (Å²) in [5.74, 6) is 0.587. The number of ketones is 1. The molecule has 2 aromatic rings. The van der Waals surface area contributed by atoms with E-state index < -0.39 is 0 Å². The lowest BCUT2D eigenvalue weighted by atomic mass is 10.3. The quantitative estimate of drug-likeness (QED) is 0.717. The third kappa shape index (κ3) is 1.52. The van der Waals surface area contributed by atoms with E-state index in [2.05, 4.69) is 9.97 Å². The van der Waals surface area contributed by atoms with Crippen LogP contribution >= 0.6 is 0 Å². The van der Waals surface area contributed by atoms with E-state index in [1.165, 1.54) is 0 Å². The second-order valence-corrected chi connectivity index (χ2v) is 3.30. The first-order valence-corrected chi connectivity index (χ1v) is 5.12. The van der Waals surface area contributed by atoms with Crippen molar-refractivity contribution in [3.8, 4) is 0 Å². The van der Waals surface area contributed by atoms with Crippen LogP contribution in [-0.4, -0.2) is 20.3 Å². The van der Waals surface area contributed by atoms with Gasteiger partial charge in [0.05, 0.1) is 5.52 Å². The molecule has 0 atom stereocenters. The summed E-state index contributed by atoms with van der Waals surface area (Å²) in [7, 11) is 0. The first-order valence-electron chi connectivity index (χ1n) is 5.12. The van der Waals surface area contributed by atoms with Crippen molar-refractivity contribution in [3.05, 3.63) is 24.2 Å². The number of Topliss-reactive ketones (excluding diaryl/α,β-unsaturated/α-hetero) is 1. The molecule has 78 valence electrons. The molecule has 0 saturated heterocycles. The lowest BCUT2D eigenvalue weighted by Gasteiger charge is -2.02. The number of aromatic nitrogens is 3. The molecular formula is C11H13N3O. The fourth-order valence-corrected chi connectivity index (χ4v) is 1.65.